The van der Waals surface area contributed by atoms with Gasteiger partial charge >= 0.3 is 0 Å². The highest BCUT2D eigenvalue weighted by Crippen LogP contribution is 2.20. The third kappa shape index (κ3) is 3.85. The van der Waals surface area contributed by atoms with E-state index in [1.54, 1.807) is 0 Å². The highest BCUT2D eigenvalue weighted by molar-refractivity contribution is 5.94. The fourth-order valence-corrected chi connectivity index (χ4v) is 3.76. The number of likely N-dealkylation sites (tertiary alicyclic amines) is 1. The molecule has 144 valence electrons. The second kappa shape index (κ2) is 7.98. The lowest BCUT2D eigenvalue weighted by Crippen LogP contribution is -2.34. The Morgan fingerprint density at radius 3 is 2.54 bits per heavy atom. The minimum atomic E-state index is 0.128. The molecule has 1 aromatic heterocycles. The van der Waals surface area contributed by atoms with E-state index in [0.29, 0.717) is 6.04 Å². The van der Waals surface area contributed by atoms with Gasteiger partial charge in [0.1, 0.15) is 5.82 Å². The highest BCUT2D eigenvalue weighted by Gasteiger charge is 2.27. The lowest BCUT2D eigenvalue weighted by atomic mass is 10.1. The van der Waals surface area contributed by atoms with Crippen molar-refractivity contribution in [2.45, 2.75) is 19.0 Å². The number of nitrogens with zero attached hydrogens (tertiary/aromatic N) is 4. The number of amides is 1. The molecule has 5 heteroatoms. The molecule has 0 N–H and O–H groups in total. The van der Waals surface area contributed by atoms with Crippen molar-refractivity contribution in [3.63, 3.8) is 0 Å². The number of benzene rings is 2. The van der Waals surface area contributed by atoms with E-state index >= 15 is 0 Å². The second-order valence-corrected chi connectivity index (χ2v) is 7.60. The zero-order valence-electron chi connectivity index (χ0n) is 16.5. The Morgan fingerprint density at radius 1 is 1.11 bits per heavy atom. The molecule has 28 heavy (non-hydrogen) atoms. The van der Waals surface area contributed by atoms with E-state index in [2.05, 4.69) is 40.7 Å². The Kier molecular flexibility index (Phi) is 5.26. The first-order valence-electron chi connectivity index (χ1n) is 9.73. The van der Waals surface area contributed by atoms with Gasteiger partial charge in [0.2, 0.25) is 0 Å². The summed E-state index contributed by atoms with van der Waals surface area (Å²) >= 11 is 0. The van der Waals surface area contributed by atoms with E-state index in [1.165, 1.54) is 0 Å². The number of imidazole rings is 1. The first kappa shape index (κ1) is 18.4. The predicted molar refractivity (Wildman–Crippen MR) is 111 cm³/mol. The minimum absolute atomic E-state index is 0.128. The van der Waals surface area contributed by atoms with Crippen LogP contribution in [0.5, 0.6) is 0 Å². The van der Waals surface area contributed by atoms with Crippen LogP contribution < -0.4 is 0 Å². The maximum Gasteiger partial charge on any atom is 0.253 e. The van der Waals surface area contributed by atoms with Crippen molar-refractivity contribution in [2.75, 3.05) is 27.2 Å². The molecule has 2 aromatic carbocycles. The summed E-state index contributed by atoms with van der Waals surface area (Å²) in [6.07, 6.45) is 4.86. The van der Waals surface area contributed by atoms with Gasteiger partial charge in [0, 0.05) is 49.2 Å². The molecule has 3 aromatic rings. The summed E-state index contributed by atoms with van der Waals surface area (Å²) in [5, 5.41) is 0. The van der Waals surface area contributed by atoms with Crippen molar-refractivity contribution in [1.29, 1.82) is 0 Å². The third-order valence-electron chi connectivity index (χ3n) is 5.48. The summed E-state index contributed by atoms with van der Waals surface area (Å²) in [5.74, 6) is 1.08. The quantitative estimate of drug-likeness (QED) is 0.688. The van der Waals surface area contributed by atoms with Gasteiger partial charge in [-0.3, -0.25) is 4.79 Å². The Hall–Kier alpha value is -2.92. The molecule has 0 radical (unpaired) electrons. The number of hydrogen-bond donors (Lipinski definition) is 0. The molecule has 1 amide bonds. The molecule has 1 saturated heterocycles. The average Bonchev–Trinajstić information content (AvgIpc) is 3.39. The maximum atomic E-state index is 12.8. The van der Waals surface area contributed by atoms with Crippen molar-refractivity contribution >= 4 is 5.91 Å². The van der Waals surface area contributed by atoms with Gasteiger partial charge in [0.05, 0.1) is 0 Å². The summed E-state index contributed by atoms with van der Waals surface area (Å²) in [7, 11) is 4.15. The van der Waals surface area contributed by atoms with Gasteiger partial charge in [-0.05, 0) is 38.2 Å². The maximum absolute atomic E-state index is 12.8. The minimum Gasteiger partial charge on any atom is -0.337 e. The Labute approximate surface area is 166 Å². The molecule has 1 fully saturated rings. The molecular formula is C23H26N4O. The molecular weight excluding hydrogens is 348 g/mol. The zero-order valence-corrected chi connectivity index (χ0v) is 16.5. The molecule has 0 aliphatic carbocycles. The lowest BCUT2D eigenvalue weighted by molar-refractivity contribution is 0.0783. The van der Waals surface area contributed by atoms with Crippen molar-refractivity contribution in [2.24, 2.45) is 0 Å². The highest BCUT2D eigenvalue weighted by atomic mass is 16.2. The molecule has 1 aliphatic rings. The van der Waals surface area contributed by atoms with Gasteiger partial charge in [0.25, 0.3) is 5.91 Å². The van der Waals surface area contributed by atoms with E-state index in [9.17, 15) is 4.79 Å². The van der Waals surface area contributed by atoms with E-state index in [-0.39, 0.29) is 5.91 Å². The van der Waals surface area contributed by atoms with Crippen LogP contribution in [0.1, 0.15) is 22.3 Å². The smallest absolute Gasteiger partial charge is 0.253 e. The van der Waals surface area contributed by atoms with Crippen LogP contribution in [-0.4, -0.2) is 58.5 Å². The van der Waals surface area contributed by atoms with E-state index in [4.69, 9.17) is 0 Å². The number of aromatic nitrogens is 2. The van der Waals surface area contributed by atoms with Crippen LogP contribution in [0.25, 0.3) is 11.4 Å². The lowest BCUT2D eigenvalue weighted by Gasteiger charge is -2.20. The van der Waals surface area contributed by atoms with Gasteiger partial charge in [-0.15, -0.1) is 0 Å². The molecule has 0 spiro atoms. The van der Waals surface area contributed by atoms with Crippen molar-refractivity contribution < 1.29 is 4.79 Å². The van der Waals surface area contributed by atoms with Crippen LogP contribution in [0.4, 0.5) is 0 Å². The van der Waals surface area contributed by atoms with Gasteiger partial charge in [-0.1, -0.05) is 42.5 Å². The summed E-state index contributed by atoms with van der Waals surface area (Å²) in [6.45, 7) is 2.37. The number of likely N-dealkylation sites (N-methyl/N-ethyl adjacent to an activating group) is 1. The fraction of sp³-hybridized carbons (Fsp3) is 0.304. The largest absolute Gasteiger partial charge is 0.337 e. The van der Waals surface area contributed by atoms with E-state index in [1.807, 2.05) is 59.8 Å². The van der Waals surface area contributed by atoms with Crippen molar-refractivity contribution in [3.8, 4) is 11.4 Å². The Bertz CT molecular complexity index is 931. The number of carbonyl (C=O) groups excluding carboxylic acids is 1. The topological polar surface area (TPSA) is 41.4 Å². The molecule has 4 rings (SSSR count). The SMILES string of the molecule is CN(C)C1CCN(C(=O)c2ccc(Cn3ccnc3-c3ccccc3)cc2)C1. The summed E-state index contributed by atoms with van der Waals surface area (Å²) in [4.78, 5) is 21.4. The van der Waals surface area contributed by atoms with Crippen molar-refractivity contribution in [1.82, 2.24) is 19.4 Å². The molecule has 1 atom stereocenters. The fourth-order valence-electron chi connectivity index (χ4n) is 3.76. The van der Waals surface area contributed by atoms with Gasteiger partial charge in [-0.2, -0.15) is 0 Å². The first-order chi connectivity index (χ1) is 13.6. The van der Waals surface area contributed by atoms with Gasteiger partial charge in [0.15, 0.2) is 0 Å². The van der Waals surface area contributed by atoms with Crippen LogP contribution in [0.3, 0.4) is 0 Å². The number of rotatable bonds is 5. The standard InChI is InChI=1S/C23H26N4O/c1-25(2)21-12-14-27(17-21)23(28)20-10-8-18(9-11-20)16-26-15-13-24-22(26)19-6-4-3-5-7-19/h3-11,13,15,21H,12,14,16-17H2,1-2H3. The average molecular weight is 374 g/mol. The molecule has 5 nitrogen and oxygen atoms in total. The molecule has 0 saturated carbocycles. The van der Waals surface area contributed by atoms with Crippen LogP contribution in [0, 0.1) is 0 Å². The second-order valence-electron chi connectivity index (χ2n) is 7.60. The number of carbonyl (C=O) groups is 1. The van der Waals surface area contributed by atoms with Crippen molar-refractivity contribution in [3.05, 3.63) is 78.1 Å². The van der Waals surface area contributed by atoms with Gasteiger partial charge in [-0.25, -0.2) is 4.98 Å². The molecule has 1 unspecified atom stereocenters. The van der Waals surface area contributed by atoms with Crippen LogP contribution >= 0.6 is 0 Å². The van der Waals surface area contributed by atoms with Crippen LogP contribution in [0.15, 0.2) is 67.0 Å². The Balaban J connectivity index is 1.45. The summed E-state index contributed by atoms with van der Waals surface area (Å²) in [5.41, 5.74) is 3.01. The molecule has 2 heterocycles. The van der Waals surface area contributed by atoms with Crippen LogP contribution in [-0.2, 0) is 6.54 Å². The Morgan fingerprint density at radius 2 is 1.86 bits per heavy atom. The summed E-state index contributed by atoms with van der Waals surface area (Å²) < 4.78 is 2.13. The third-order valence-corrected chi connectivity index (χ3v) is 5.48. The van der Waals surface area contributed by atoms with E-state index < -0.39 is 0 Å². The first-order valence-corrected chi connectivity index (χ1v) is 9.73. The zero-order chi connectivity index (χ0) is 19.5. The predicted octanol–water partition coefficient (Wildman–Crippen LogP) is 3.37. The normalized spacial score (nSPS) is 16.7. The number of hydrogen-bond acceptors (Lipinski definition) is 3. The van der Waals surface area contributed by atoms with Crippen LogP contribution in [0.2, 0.25) is 0 Å². The molecule has 1 aliphatic heterocycles. The van der Waals surface area contributed by atoms with E-state index in [0.717, 1.165) is 48.6 Å². The monoisotopic (exact) mass is 374 g/mol. The van der Waals surface area contributed by atoms with Gasteiger partial charge < -0.3 is 14.4 Å². The summed E-state index contributed by atoms with van der Waals surface area (Å²) in [6, 6.07) is 18.6. The molecule has 0 bridgehead atoms.